The molecule has 0 saturated carbocycles. The van der Waals surface area contributed by atoms with Crippen molar-refractivity contribution in [3.63, 3.8) is 0 Å². The lowest BCUT2D eigenvalue weighted by atomic mass is 9.92. The van der Waals surface area contributed by atoms with Gasteiger partial charge in [0.1, 0.15) is 12.1 Å². The lowest BCUT2D eigenvalue weighted by Crippen LogP contribution is -2.43. The van der Waals surface area contributed by atoms with Crippen LogP contribution in [0.4, 0.5) is 4.79 Å². The first-order valence-corrected chi connectivity index (χ1v) is 10.1. The zero-order chi connectivity index (χ0) is 20.1. The highest BCUT2D eigenvalue weighted by molar-refractivity contribution is 7.99. The fourth-order valence-electron chi connectivity index (χ4n) is 2.89. The van der Waals surface area contributed by atoms with E-state index < -0.39 is 17.5 Å². The van der Waals surface area contributed by atoms with Gasteiger partial charge in [-0.05, 0) is 36.8 Å². The number of amides is 4. The number of hydrogen-bond acceptors (Lipinski definition) is 4. The van der Waals surface area contributed by atoms with Crippen LogP contribution in [0.1, 0.15) is 12.5 Å². The summed E-state index contributed by atoms with van der Waals surface area (Å²) in [4.78, 5) is 39.3. The van der Waals surface area contributed by atoms with Crippen LogP contribution >= 0.6 is 23.4 Å². The normalized spacial score (nSPS) is 18.9. The highest BCUT2D eigenvalue weighted by Gasteiger charge is 2.49. The smallest absolute Gasteiger partial charge is 0.325 e. The van der Waals surface area contributed by atoms with E-state index in [2.05, 4.69) is 10.6 Å². The third-order valence-electron chi connectivity index (χ3n) is 4.43. The fourth-order valence-corrected chi connectivity index (χ4v) is 3.81. The first kappa shape index (κ1) is 20.2. The summed E-state index contributed by atoms with van der Waals surface area (Å²) in [5.41, 5.74) is -0.608. The summed E-state index contributed by atoms with van der Waals surface area (Å²) >= 11 is 7.51. The molecule has 1 heterocycles. The summed E-state index contributed by atoms with van der Waals surface area (Å²) in [5, 5.41) is 5.95. The van der Waals surface area contributed by atoms with Crippen LogP contribution in [0.3, 0.4) is 0 Å². The second-order valence-corrected chi connectivity index (χ2v) is 8.07. The van der Waals surface area contributed by atoms with Gasteiger partial charge in [0, 0.05) is 22.2 Å². The Morgan fingerprint density at radius 2 is 1.82 bits per heavy atom. The van der Waals surface area contributed by atoms with Crippen LogP contribution < -0.4 is 10.6 Å². The zero-order valence-electron chi connectivity index (χ0n) is 15.3. The molecule has 0 aromatic heterocycles. The Hall–Kier alpha value is -2.51. The molecule has 1 fully saturated rings. The highest BCUT2D eigenvalue weighted by atomic mass is 35.5. The van der Waals surface area contributed by atoms with E-state index in [0.717, 1.165) is 9.80 Å². The fraction of sp³-hybridized carbons (Fsp3) is 0.250. The second kappa shape index (κ2) is 8.67. The van der Waals surface area contributed by atoms with Crippen LogP contribution in [-0.4, -0.2) is 41.6 Å². The van der Waals surface area contributed by atoms with Crippen molar-refractivity contribution < 1.29 is 14.4 Å². The van der Waals surface area contributed by atoms with Crippen molar-refractivity contribution in [2.45, 2.75) is 17.4 Å². The Kier molecular flexibility index (Phi) is 6.26. The van der Waals surface area contributed by atoms with Gasteiger partial charge in [-0.15, -0.1) is 11.8 Å². The van der Waals surface area contributed by atoms with E-state index in [1.54, 1.807) is 43.0 Å². The molecule has 2 N–H and O–H groups in total. The van der Waals surface area contributed by atoms with Crippen molar-refractivity contribution in [1.82, 2.24) is 15.5 Å². The topological polar surface area (TPSA) is 78.5 Å². The molecular weight excluding hydrogens is 398 g/mol. The van der Waals surface area contributed by atoms with Gasteiger partial charge in [0.05, 0.1) is 0 Å². The lowest BCUT2D eigenvalue weighted by Gasteiger charge is -2.22. The third kappa shape index (κ3) is 4.48. The number of halogens is 1. The largest absolute Gasteiger partial charge is 0.354 e. The van der Waals surface area contributed by atoms with E-state index in [4.69, 9.17) is 11.6 Å². The summed E-state index contributed by atoms with van der Waals surface area (Å²) in [6.07, 6.45) is 0. The van der Waals surface area contributed by atoms with Crippen LogP contribution in [0.15, 0.2) is 59.5 Å². The number of benzene rings is 2. The molecule has 0 radical (unpaired) electrons. The van der Waals surface area contributed by atoms with Gasteiger partial charge in [0.15, 0.2) is 0 Å². The third-order valence-corrected chi connectivity index (χ3v) is 5.70. The van der Waals surface area contributed by atoms with Crippen LogP contribution in [-0.2, 0) is 15.1 Å². The molecule has 0 spiro atoms. The second-order valence-electron chi connectivity index (χ2n) is 6.46. The number of thioether (sulfide) groups is 1. The molecule has 4 amide bonds. The molecule has 2 aromatic rings. The van der Waals surface area contributed by atoms with Crippen molar-refractivity contribution in [2.75, 3.05) is 18.8 Å². The molecule has 8 heteroatoms. The zero-order valence-corrected chi connectivity index (χ0v) is 16.8. The first-order valence-electron chi connectivity index (χ1n) is 8.75. The Labute approximate surface area is 172 Å². The summed E-state index contributed by atoms with van der Waals surface area (Å²) < 4.78 is 0. The maximum absolute atomic E-state index is 12.8. The molecule has 146 valence electrons. The molecule has 6 nitrogen and oxygen atoms in total. The van der Waals surface area contributed by atoms with E-state index >= 15 is 0 Å². The monoisotopic (exact) mass is 417 g/mol. The van der Waals surface area contributed by atoms with Gasteiger partial charge in [-0.3, -0.25) is 14.5 Å². The van der Waals surface area contributed by atoms with Crippen LogP contribution in [0, 0.1) is 0 Å². The van der Waals surface area contributed by atoms with Crippen LogP contribution in [0.25, 0.3) is 0 Å². The maximum Gasteiger partial charge on any atom is 0.325 e. The van der Waals surface area contributed by atoms with E-state index in [9.17, 15) is 14.4 Å². The number of carbonyl (C=O) groups is 3. The predicted molar refractivity (Wildman–Crippen MR) is 109 cm³/mol. The number of imide groups is 1. The number of hydrogen-bond donors (Lipinski definition) is 2. The van der Waals surface area contributed by atoms with Crippen molar-refractivity contribution in [2.24, 2.45) is 0 Å². The number of carbonyl (C=O) groups excluding carboxylic acids is 3. The molecule has 1 saturated heterocycles. The molecule has 28 heavy (non-hydrogen) atoms. The molecule has 0 aliphatic carbocycles. The van der Waals surface area contributed by atoms with Crippen LogP contribution in [0.2, 0.25) is 5.02 Å². The molecular formula is C20H20ClN3O3S. The molecule has 0 unspecified atom stereocenters. The summed E-state index contributed by atoms with van der Waals surface area (Å²) in [6, 6.07) is 15.9. The Morgan fingerprint density at radius 3 is 2.50 bits per heavy atom. The number of rotatable bonds is 7. The van der Waals surface area contributed by atoms with E-state index in [1.807, 2.05) is 30.3 Å². The van der Waals surface area contributed by atoms with Gasteiger partial charge < -0.3 is 10.6 Å². The average molecular weight is 418 g/mol. The Bertz CT molecular complexity index is 876. The highest BCUT2D eigenvalue weighted by Crippen LogP contribution is 2.29. The van der Waals surface area contributed by atoms with Crippen molar-refractivity contribution in [3.8, 4) is 0 Å². The lowest BCUT2D eigenvalue weighted by molar-refractivity contribution is -0.134. The van der Waals surface area contributed by atoms with E-state index in [-0.39, 0.29) is 12.5 Å². The van der Waals surface area contributed by atoms with Crippen molar-refractivity contribution in [3.05, 3.63) is 65.2 Å². The molecule has 2 aromatic carbocycles. The quantitative estimate of drug-likeness (QED) is 0.412. The van der Waals surface area contributed by atoms with Gasteiger partial charge >= 0.3 is 6.03 Å². The minimum atomic E-state index is -1.22. The van der Waals surface area contributed by atoms with Gasteiger partial charge in [0.25, 0.3) is 5.91 Å². The van der Waals surface area contributed by atoms with Crippen LogP contribution in [0.5, 0.6) is 0 Å². The molecule has 3 rings (SSSR count). The number of nitrogens with zero attached hydrogens (tertiary/aromatic N) is 1. The minimum Gasteiger partial charge on any atom is -0.354 e. The standard InChI is InChI=1S/C20H20ClN3O3S/c1-20(14-7-9-15(21)10-8-14)18(26)24(19(27)23-20)13-17(25)22-11-12-28-16-5-3-2-4-6-16/h2-10H,11-13H2,1H3,(H,22,25)(H,23,27)/t20-/m0/s1. The molecule has 1 atom stereocenters. The average Bonchev–Trinajstić information content (AvgIpc) is 2.90. The first-order chi connectivity index (χ1) is 13.4. The maximum atomic E-state index is 12.8. The summed E-state index contributed by atoms with van der Waals surface area (Å²) in [6.45, 7) is 1.74. The summed E-state index contributed by atoms with van der Waals surface area (Å²) in [7, 11) is 0. The van der Waals surface area contributed by atoms with Gasteiger partial charge in [-0.25, -0.2) is 4.79 Å². The molecule has 0 bridgehead atoms. The van der Waals surface area contributed by atoms with E-state index in [1.165, 1.54) is 0 Å². The Morgan fingerprint density at radius 1 is 1.14 bits per heavy atom. The van der Waals surface area contributed by atoms with Crippen molar-refractivity contribution in [1.29, 1.82) is 0 Å². The SMILES string of the molecule is C[C@@]1(c2ccc(Cl)cc2)NC(=O)N(CC(=O)NCCSc2ccccc2)C1=O. The van der Waals surface area contributed by atoms with Crippen molar-refractivity contribution >= 4 is 41.2 Å². The minimum absolute atomic E-state index is 0.316. The van der Waals surface area contributed by atoms with Gasteiger partial charge in [0.2, 0.25) is 5.91 Å². The number of nitrogens with one attached hydrogen (secondary N) is 2. The predicted octanol–water partition coefficient (Wildman–Crippen LogP) is 3.02. The number of urea groups is 1. The molecule has 1 aliphatic rings. The van der Waals surface area contributed by atoms with Gasteiger partial charge in [-0.2, -0.15) is 0 Å². The summed E-state index contributed by atoms with van der Waals surface area (Å²) in [5.74, 6) is -0.149. The van der Waals surface area contributed by atoms with Gasteiger partial charge in [-0.1, -0.05) is 41.9 Å². The Balaban J connectivity index is 1.53. The van der Waals surface area contributed by atoms with E-state index in [0.29, 0.717) is 22.9 Å². The molecule has 1 aliphatic heterocycles.